The van der Waals surface area contributed by atoms with Crippen molar-refractivity contribution in [2.75, 3.05) is 6.61 Å². The van der Waals surface area contributed by atoms with E-state index in [2.05, 4.69) is 0 Å². The first-order valence-corrected chi connectivity index (χ1v) is 14.8. The highest BCUT2D eigenvalue weighted by Gasteiger charge is 2.56. The molecular formula is C32H51NO10. The molecule has 0 aromatic carbocycles. The Balaban J connectivity index is 2.75. The predicted octanol–water partition coefficient (Wildman–Crippen LogP) is 4.35. The maximum absolute atomic E-state index is 13.4. The van der Waals surface area contributed by atoms with Crippen molar-refractivity contribution < 1.29 is 47.7 Å². The van der Waals surface area contributed by atoms with Crippen molar-refractivity contribution in [3.8, 4) is 0 Å². The summed E-state index contributed by atoms with van der Waals surface area (Å²) in [6.07, 6.45) is -3.07. The van der Waals surface area contributed by atoms with Crippen molar-refractivity contribution in [1.82, 2.24) is 4.90 Å². The van der Waals surface area contributed by atoms with E-state index >= 15 is 0 Å². The second-order valence-corrected chi connectivity index (χ2v) is 15.6. The molecule has 2 rings (SSSR count). The van der Waals surface area contributed by atoms with E-state index < -0.39 is 76.2 Å². The number of carbonyl (C=O) groups excluding carboxylic acids is 5. The summed E-state index contributed by atoms with van der Waals surface area (Å²) >= 11 is 0. The van der Waals surface area contributed by atoms with Crippen molar-refractivity contribution in [2.45, 2.75) is 133 Å². The van der Waals surface area contributed by atoms with Crippen LogP contribution in [0.2, 0.25) is 0 Å². The third kappa shape index (κ3) is 9.52. The van der Waals surface area contributed by atoms with Crippen LogP contribution < -0.4 is 0 Å². The van der Waals surface area contributed by atoms with Gasteiger partial charge < -0.3 is 28.6 Å². The predicted molar refractivity (Wildman–Crippen MR) is 157 cm³/mol. The Morgan fingerprint density at radius 1 is 0.721 bits per heavy atom. The first-order chi connectivity index (χ1) is 19.3. The van der Waals surface area contributed by atoms with E-state index in [0.29, 0.717) is 0 Å². The minimum absolute atomic E-state index is 0.0915. The molecule has 0 saturated carbocycles. The van der Waals surface area contributed by atoms with Gasteiger partial charge in [0.15, 0.2) is 30.3 Å². The van der Waals surface area contributed by atoms with Gasteiger partial charge in [0.05, 0.1) is 21.7 Å². The average Bonchev–Trinajstić information content (AvgIpc) is 2.82. The first-order valence-electron chi connectivity index (χ1n) is 14.8. The molecule has 2 aliphatic rings. The summed E-state index contributed by atoms with van der Waals surface area (Å²) in [5.41, 5.74) is -3.70. The number of esters is 4. The minimum Gasteiger partial charge on any atom is -0.462 e. The zero-order valence-corrected chi connectivity index (χ0v) is 28.1. The van der Waals surface area contributed by atoms with E-state index in [1.165, 1.54) is 6.08 Å². The van der Waals surface area contributed by atoms with E-state index in [4.69, 9.17) is 23.7 Å². The van der Waals surface area contributed by atoms with Crippen molar-refractivity contribution in [1.29, 1.82) is 0 Å². The number of rotatable bonds is 6. The lowest BCUT2D eigenvalue weighted by Crippen LogP contribution is -2.67. The summed E-state index contributed by atoms with van der Waals surface area (Å²) in [5, 5.41) is 0. The van der Waals surface area contributed by atoms with Crippen molar-refractivity contribution in [2.24, 2.45) is 21.7 Å². The molecule has 0 aromatic rings. The second-order valence-electron chi connectivity index (χ2n) is 15.6. The highest BCUT2D eigenvalue weighted by atomic mass is 16.7. The Bertz CT molecular complexity index is 1100. The Morgan fingerprint density at radius 3 is 1.56 bits per heavy atom. The molecule has 0 N–H and O–H groups in total. The summed E-state index contributed by atoms with van der Waals surface area (Å²) in [7, 11) is 0. The van der Waals surface area contributed by atoms with Crippen molar-refractivity contribution in [3.05, 3.63) is 12.3 Å². The van der Waals surface area contributed by atoms with Gasteiger partial charge in [-0.15, -0.1) is 0 Å². The third-order valence-corrected chi connectivity index (χ3v) is 6.90. The summed E-state index contributed by atoms with van der Waals surface area (Å²) < 4.78 is 30.2. The van der Waals surface area contributed by atoms with Crippen LogP contribution in [0, 0.1) is 21.7 Å². The standard InChI is InChI=1S/C32H51NO10/c1-18-16-19(34)14-15-33(18)24-23(43-28(38)32(11,12)13)22(42-27(37)31(8,9)10)21(41-26(36)30(5,6)7)20(40-24)17-39-25(35)29(2,3)4/h14-15,18,20-24H,16-17H2,1-13H3/t18-,20+,21-,22-,23+,24+/m0/s1. The molecule has 0 spiro atoms. The van der Waals surface area contributed by atoms with Gasteiger partial charge in [0.25, 0.3) is 0 Å². The third-order valence-electron chi connectivity index (χ3n) is 6.90. The summed E-state index contributed by atoms with van der Waals surface area (Å²) in [6, 6.07) is -0.385. The highest BCUT2D eigenvalue weighted by molar-refractivity contribution is 5.90. The molecule has 1 fully saturated rings. The topological polar surface area (TPSA) is 135 Å². The number of carbonyl (C=O) groups is 5. The largest absolute Gasteiger partial charge is 0.462 e. The van der Waals surface area contributed by atoms with E-state index in [0.717, 1.165) is 0 Å². The van der Waals surface area contributed by atoms with E-state index in [1.807, 2.05) is 6.92 Å². The van der Waals surface area contributed by atoms with Gasteiger partial charge >= 0.3 is 23.9 Å². The van der Waals surface area contributed by atoms with Gasteiger partial charge in [-0.05, 0) is 96.1 Å². The molecule has 0 bridgehead atoms. The first kappa shape index (κ1) is 36.2. The lowest BCUT2D eigenvalue weighted by atomic mass is 9.91. The molecule has 0 unspecified atom stereocenters. The van der Waals surface area contributed by atoms with Crippen molar-refractivity contribution in [3.63, 3.8) is 0 Å². The zero-order valence-electron chi connectivity index (χ0n) is 28.1. The number of hydrogen-bond acceptors (Lipinski definition) is 11. The normalized spacial score (nSPS) is 26.9. The van der Waals surface area contributed by atoms with Gasteiger partial charge in [0.1, 0.15) is 12.7 Å². The number of allylic oxidation sites excluding steroid dienone is 1. The average molecular weight is 610 g/mol. The second kappa shape index (κ2) is 13.0. The van der Waals surface area contributed by atoms with E-state index in [9.17, 15) is 24.0 Å². The van der Waals surface area contributed by atoms with Gasteiger partial charge in [-0.25, -0.2) is 0 Å². The van der Waals surface area contributed by atoms with Crippen LogP contribution >= 0.6 is 0 Å². The maximum atomic E-state index is 13.4. The van der Waals surface area contributed by atoms with E-state index in [-0.39, 0.29) is 24.9 Å². The number of ketones is 1. The van der Waals surface area contributed by atoms with Crippen LogP contribution in [0.15, 0.2) is 12.3 Å². The van der Waals surface area contributed by atoms with Crippen LogP contribution in [0.5, 0.6) is 0 Å². The Labute approximate surface area is 255 Å². The Hall–Kier alpha value is -2.95. The van der Waals surface area contributed by atoms with Gasteiger partial charge in [-0.3, -0.25) is 24.0 Å². The molecule has 0 radical (unpaired) electrons. The fourth-order valence-electron chi connectivity index (χ4n) is 4.06. The van der Waals surface area contributed by atoms with Crippen LogP contribution in [-0.4, -0.2) is 77.9 Å². The summed E-state index contributed by atoms with van der Waals surface area (Å²) in [4.78, 5) is 66.7. The quantitative estimate of drug-likeness (QED) is 0.314. The van der Waals surface area contributed by atoms with Crippen LogP contribution in [0.25, 0.3) is 0 Å². The molecule has 0 aromatic heterocycles. The fraction of sp³-hybridized carbons (Fsp3) is 0.781. The number of nitrogens with zero attached hydrogens (tertiary/aromatic N) is 1. The van der Waals surface area contributed by atoms with Crippen LogP contribution in [-0.2, 0) is 47.7 Å². The molecule has 11 heteroatoms. The summed E-state index contributed by atoms with van der Waals surface area (Å²) in [5.74, 6) is -2.47. The molecule has 0 aliphatic carbocycles. The zero-order chi connectivity index (χ0) is 33.3. The highest BCUT2D eigenvalue weighted by Crippen LogP contribution is 2.36. The van der Waals surface area contributed by atoms with Gasteiger partial charge in [-0.2, -0.15) is 0 Å². The molecule has 43 heavy (non-hydrogen) atoms. The molecule has 2 aliphatic heterocycles. The monoisotopic (exact) mass is 609 g/mol. The fourth-order valence-corrected chi connectivity index (χ4v) is 4.06. The lowest BCUT2D eigenvalue weighted by molar-refractivity contribution is -0.282. The van der Waals surface area contributed by atoms with Gasteiger partial charge in [0, 0.05) is 18.7 Å². The SMILES string of the molecule is C[C@H]1CC(=O)C=CN1[C@@H]1O[C@H](COC(=O)C(C)(C)C)[C@H](OC(=O)C(C)(C)C)[C@H](OC(=O)C(C)(C)C)[C@H]1OC(=O)C(C)(C)C. The van der Waals surface area contributed by atoms with Crippen molar-refractivity contribution >= 4 is 29.7 Å². The Morgan fingerprint density at radius 2 is 1.14 bits per heavy atom. The maximum Gasteiger partial charge on any atom is 0.311 e. The van der Waals surface area contributed by atoms with Crippen LogP contribution in [0.4, 0.5) is 0 Å². The van der Waals surface area contributed by atoms with E-state index in [1.54, 1.807) is 94.2 Å². The van der Waals surface area contributed by atoms with Crippen LogP contribution in [0.3, 0.4) is 0 Å². The molecule has 1 saturated heterocycles. The van der Waals surface area contributed by atoms with Gasteiger partial charge in [-0.1, -0.05) is 0 Å². The molecule has 0 amide bonds. The smallest absolute Gasteiger partial charge is 0.311 e. The molecule has 6 atom stereocenters. The lowest BCUT2D eigenvalue weighted by Gasteiger charge is -2.50. The molecule has 244 valence electrons. The Kier molecular flexibility index (Phi) is 10.9. The number of ether oxygens (including phenoxy) is 5. The molecule has 11 nitrogen and oxygen atoms in total. The summed E-state index contributed by atoms with van der Waals surface area (Å²) in [6.45, 7) is 21.6. The number of hydrogen-bond donors (Lipinski definition) is 0. The van der Waals surface area contributed by atoms with Crippen LogP contribution in [0.1, 0.15) is 96.4 Å². The molecular weight excluding hydrogens is 558 g/mol. The van der Waals surface area contributed by atoms with Gasteiger partial charge in [0.2, 0.25) is 0 Å². The minimum atomic E-state index is -1.35. The molecule has 2 heterocycles.